The molecule has 0 aliphatic carbocycles. The zero-order chi connectivity index (χ0) is 20.1. The van der Waals surface area contributed by atoms with Crippen molar-refractivity contribution in [1.29, 1.82) is 0 Å². The minimum Gasteiger partial charge on any atom is -0.497 e. The van der Waals surface area contributed by atoms with Crippen molar-refractivity contribution >= 4 is 17.7 Å². The summed E-state index contributed by atoms with van der Waals surface area (Å²) < 4.78 is 11.5. The topological polar surface area (TPSA) is 38.8 Å². The Morgan fingerprint density at radius 3 is 2.21 bits per heavy atom. The Balaban J connectivity index is 1.67. The molecule has 0 saturated heterocycles. The second-order valence-electron chi connectivity index (χ2n) is 6.59. The first-order chi connectivity index (χ1) is 14.2. The molecule has 0 saturated carbocycles. The van der Waals surface area contributed by atoms with E-state index in [0.717, 1.165) is 22.4 Å². The number of benzene rings is 3. The van der Waals surface area contributed by atoms with Gasteiger partial charge in [0.25, 0.3) is 5.91 Å². The minimum atomic E-state index is -0.543. The molecule has 0 bridgehead atoms. The maximum atomic E-state index is 13.0. The quantitative estimate of drug-likeness (QED) is 0.603. The van der Waals surface area contributed by atoms with Crippen LogP contribution in [0.1, 0.15) is 22.9 Å². The molecule has 4 heteroatoms. The molecule has 0 spiro atoms. The zero-order valence-electron chi connectivity index (χ0n) is 16.1. The second-order valence-corrected chi connectivity index (χ2v) is 6.59. The number of hydrogen-bond acceptors (Lipinski definition) is 3. The van der Waals surface area contributed by atoms with Gasteiger partial charge in [-0.05, 0) is 23.8 Å². The number of carbonyl (C=O) groups excluding carboxylic acids is 1. The fraction of sp³-hybridized carbons (Fsp3) is 0.0800. The SMILES string of the molecule is COc1ccc(/C=C/N2C(=O)C=C(c3ccccc3)OC2c2ccccc2)cc1. The van der Waals surface area contributed by atoms with Crippen LogP contribution in [0.25, 0.3) is 11.8 Å². The maximum absolute atomic E-state index is 13.0. The largest absolute Gasteiger partial charge is 0.497 e. The Hall–Kier alpha value is -3.79. The fourth-order valence-corrected chi connectivity index (χ4v) is 3.15. The van der Waals surface area contributed by atoms with Crippen molar-refractivity contribution in [3.8, 4) is 5.75 Å². The fourth-order valence-electron chi connectivity index (χ4n) is 3.15. The van der Waals surface area contributed by atoms with Gasteiger partial charge < -0.3 is 9.47 Å². The van der Waals surface area contributed by atoms with Crippen LogP contribution >= 0.6 is 0 Å². The van der Waals surface area contributed by atoms with Crippen molar-refractivity contribution in [3.63, 3.8) is 0 Å². The molecule has 3 aromatic carbocycles. The van der Waals surface area contributed by atoms with Crippen molar-refractivity contribution in [3.05, 3.63) is 114 Å². The number of rotatable bonds is 5. The van der Waals surface area contributed by atoms with Crippen molar-refractivity contribution in [2.24, 2.45) is 0 Å². The van der Waals surface area contributed by atoms with Gasteiger partial charge in [-0.25, -0.2) is 0 Å². The van der Waals surface area contributed by atoms with E-state index in [2.05, 4.69) is 0 Å². The smallest absolute Gasteiger partial charge is 0.257 e. The van der Waals surface area contributed by atoms with Gasteiger partial charge in [-0.2, -0.15) is 0 Å². The van der Waals surface area contributed by atoms with Gasteiger partial charge >= 0.3 is 0 Å². The molecule has 144 valence electrons. The first-order valence-electron chi connectivity index (χ1n) is 9.38. The lowest BCUT2D eigenvalue weighted by atomic mass is 10.1. The molecule has 4 nitrogen and oxygen atoms in total. The molecule has 1 atom stereocenters. The normalized spacial score (nSPS) is 16.4. The first kappa shape index (κ1) is 18.6. The van der Waals surface area contributed by atoms with Gasteiger partial charge in [-0.1, -0.05) is 72.8 Å². The molecule has 1 aliphatic heterocycles. The highest BCUT2D eigenvalue weighted by atomic mass is 16.5. The third-order valence-corrected chi connectivity index (χ3v) is 4.69. The van der Waals surface area contributed by atoms with Crippen LogP contribution in [0.3, 0.4) is 0 Å². The summed E-state index contributed by atoms with van der Waals surface area (Å²) in [5.74, 6) is 1.23. The molecule has 0 aromatic heterocycles. The molecule has 0 N–H and O–H groups in total. The predicted molar refractivity (Wildman–Crippen MR) is 114 cm³/mol. The molecule has 4 rings (SSSR count). The summed E-state index contributed by atoms with van der Waals surface area (Å²) in [6.07, 6.45) is 4.64. The van der Waals surface area contributed by atoms with Crippen LogP contribution in [-0.2, 0) is 9.53 Å². The molecule has 1 unspecified atom stereocenters. The summed E-state index contributed by atoms with van der Waals surface area (Å²) >= 11 is 0. The first-order valence-corrected chi connectivity index (χ1v) is 9.38. The van der Waals surface area contributed by atoms with Crippen LogP contribution in [0.2, 0.25) is 0 Å². The standard InChI is InChI=1S/C25H21NO3/c1-28-22-14-12-19(13-15-22)16-17-26-24(27)18-23(20-8-4-2-5-9-20)29-25(26)21-10-6-3-7-11-21/h2-18,25H,1H3/b17-16+. The highest BCUT2D eigenvalue weighted by Gasteiger charge is 2.30. The van der Waals surface area contributed by atoms with Crippen LogP contribution in [0.15, 0.2) is 97.2 Å². The van der Waals surface area contributed by atoms with Gasteiger partial charge in [0.15, 0.2) is 0 Å². The summed E-state index contributed by atoms with van der Waals surface area (Å²) in [7, 11) is 1.63. The number of ether oxygens (including phenoxy) is 2. The molecule has 1 amide bonds. The molecule has 0 radical (unpaired) electrons. The molecular weight excluding hydrogens is 362 g/mol. The predicted octanol–water partition coefficient (Wildman–Crippen LogP) is 5.26. The number of carbonyl (C=O) groups is 1. The Morgan fingerprint density at radius 2 is 1.55 bits per heavy atom. The number of nitrogens with zero attached hydrogens (tertiary/aromatic N) is 1. The molecule has 1 heterocycles. The highest BCUT2D eigenvalue weighted by molar-refractivity contribution is 5.96. The number of amides is 1. The van der Waals surface area contributed by atoms with Gasteiger partial charge in [-0.3, -0.25) is 9.69 Å². The van der Waals surface area contributed by atoms with Crippen molar-refractivity contribution in [2.45, 2.75) is 6.23 Å². The van der Waals surface area contributed by atoms with Gasteiger partial charge in [0.2, 0.25) is 6.23 Å². The van der Waals surface area contributed by atoms with E-state index >= 15 is 0 Å². The Kier molecular flexibility index (Phi) is 5.43. The molecule has 1 aliphatic rings. The minimum absolute atomic E-state index is 0.131. The average Bonchev–Trinajstić information content (AvgIpc) is 2.79. The lowest BCUT2D eigenvalue weighted by molar-refractivity contribution is -0.133. The van der Waals surface area contributed by atoms with Crippen LogP contribution in [0.4, 0.5) is 0 Å². The highest BCUT2D eigenvalue weighted by Crippen LogP contribution is 2.34. The van der Waals surface area contributed by atoms with E-state index in [1.165, 1.54) is 6.08 Å². The summed E-state index contributed by atoms with van der Waals surface area (Å²) in [4.78, 5) is 14.6. The number of hydrogen-bond donors (Lipinski definition) is 0. The zero-order valence-corrected chi connectivity index (χ0v) is 16.1. The van der Waals surface area contributed by atoms with Crippen molar-refractivity contribution in [1.82, 2.24) is 4.90 Å². The average molecular weight is 383 g/mol. The summed E-state index contributed by atoms with van der Waals surface area (Å²) in [5.41, 5.74) is 2.74. The monoisotopic (exact) mass is 383 g/mol. The van der Waals surface area contributed by atoms with Gasteiger partial charge in [0.1, 0.15) is 11.5 Å². The van der Waals surface area contributed by atoms with Crippen LogP contribution < -0.4 is 4.74 Å². The molecule has 3 aromatic rings. The maximum Gasteiger partial charge on any atom is 0.257 e. The lowest BCUT2D eigenvalue weighted by Crippen LogP contribution is -2.34. The van der Waals surface area contributed by atoms with E-state index in [-0.39, 0.29) is 5.91 Å². The van der Waals surface area contributed by atoms with E-state index in [1.807, 2.05) is 91.0 Å². The third-order valence-electron chi connectivity index (χ3n) is 4.69. The van der Waals surface area contributed by atoms with E-state index in [1.54, 1.807) is 18.2 Å². The van der Waals surface area contributed by atoms with Gasteiger partial charge in [-0.15, -0.1) is 0 Å². The molecular formula is C25H21NO3. The summed E-state index contributed by atoms with van der Waals surface area (Å²) in [6.45, 7) is 0. The van der Waals surface area contributed by atoms with Crippen molar-refractivity contribution < 1.29 is 14.3 Å². The van der Waals surface area contributed by atoms with E-state index < -0.39 is 6.23 Å². The van der Waals surface area contributed by atoms with Crippen LogP contribution in [-0.4, -0.2) is 17.9 Å². The van der Waals surface area contributed by atoms with E-state index in [9.17, 15) is 4.79 Å². The van der Waals surface area contributed by atoms with E-state index in [4.69, 9.17) is 9.47 Å². The lowest BCUT2D eigenvalue weighted by Gasteiger charge is -2.33. The Morgan fingerprint density at radius 1 is 0.897 bits per heavy atom. The summed E-state index contributed by atoms with van der Waals surface area (Å²) in [6, 6.07) is 27.0. The third kappa shape index (κ3) is 4.22. The van der Waals surface area contributed by atoms with E-state index in [0.29, 0.717) is 5.76 Å². The number of methoxy groups -OCH3 is 1. The van der Waals surface area contributed by atoms with Crippen LogP contribution in [0, 0.1) is 0 Å². The van der Waals surface area contributed by atoms with Gasteiger partial charge in [0, 0.05) is 23.4 Å². The Labute approximate surface area is 170 Å². The summed E-state index contributed by atoms with van der Waals surface area (Å²) in [5, 5.41) is 0. The van der Waals surface area contributed by atoms with Gasteiger partial charge in [0.05, 0.1) is 7.11 Å². The van der Waals surface area contributed by atoms with Crippen LogP contribution in [0.5, 0.6) is 5.75 Å². The van der Waals surface area contributed by atoms with Crippen molar-refractivity contribution in [2.75, 3.05) is 7.11 Å². The molecule has 0 fully saturated rings. The second kappa shape index (κ2) is 8.48. The Bertz CT molecular complexity index is 1020. The molecule has 29 heavy (non-hydrogen) atoms.